The van der Waals surface area contributed by atoms with Gasteiger partial charge in [-0.2, -0.15) is 5.10 Å². The molecule has 0 saturated carbocycles. The van der Waals surface area contributed by atoms with Crippen LogP contribution in [0.25, 0.3) is 11.3 Å². The molecule has 0 spiro atoms. The van der Waals surface area contributed by atoms with Crippen LogP contribution in [0.15, 0.2) is 30.5 Å². The van der Waals surface area contributed by atoms with Gasteiger partial charge in [0.05, 0.1) is 10.5 Å². The van der Waals surface area contributed by atoms with Gasteiger partial charge < -0.3 is 11.1 Å². The second kappa shape index (κ2) is 8.77. The maximum absolute atomic E-state index is 12.6. The van der Waals surface area contributed by atoms with Gasteiger partial charge in [0.1, 0.15) is 5.69 Å². The number of aryl methyl sites for hydroxylation is 1. The maximum atomic E-state index is 12.6. The molecule has 0 atom stereocenters. The van der Waals surface area contributed by atoms with Crippen molar-refractivity contribution in [3.63, 3.8) is 0 Å². The van der Waals surface area contributed by atoms with Crippen molar-refractivity contribution in [2.24, 2.45) is 12.8 Å². The van der Waals surface area contributed by atoms with Gasteiger partial charge in [0, 0.05) is 43.0 Å². The van der Waals surface area contributed by atoms with Gasteiger partial charge in [-0.05, 0) is 25.0 Å². The Labute approximate surface area is 158 Å². The highest BCUT2D eigenvalue weighted by Crippen LogP contribution is 2.24. The molecule has 0 fully saturated rings. The molecule has 2 rings (SSSR count). The number of nitrogens with zero attached hydrogens (tertiary/aromatic N) is 3. The van der Waals surface area contributed by atoms with Crippen molar-refractivity contribution < 1.29 is 9.72 Å². The fourth-order valence-electron chi connectivity index (χ4n) is 2.46. The quantitative estimate of drug-likeness (QED) is 0.565. The molecule has 0 aliphatic heterocycles. The first-order valence-corrected chi connectivity index (χ1v) is 8.15. The van der Waals surface area contributed by atoms with Crippen LogP contribution in [-0.4, -0.2) is 32.7 Å². The van der Waals surface area contributed by atoms with Crippen LogP contribution in [0.3, 0.4) is 0 Å². The van der Waals surface area contributed by atoms with Gasteiger partial charge in [0.25, 0.3) is 11.6 Å². The topological polar surface area (TPSA) is 116 Å². The lowest BCUT2D eigenvalue weighted by Gasteiger charge is -2.26. The summed E-state index contributed by atoms with van der Waals surface area (Å²) in [5, 5.41) is 18.0. The van der Waals surface area contributed by atoms with E-state index in [-0.39, 0.29) is 24.0 Å². The van der Waals surface area contributed by atoms with Gasteiger partial charge >= 0.3 is 0 Å². The summed E-state index contributed by atoms with van der Waals surface area (Å²) in [6.07, 6.45) is 3.14. The van der Waals surface area contributed by atoms with Crippen molar-refractivity contribution in [2.45, 2.75) is 32.2 Å². The predicted molar refractivity (Wildman–Crippen MR) is 102 cm³/mol. The van der Waals surface area contributed by atoms with Crippen LogP contribution in [0, 0.1) is 10.1 Å². The summed E-state index contributed by atoms with van der Waals surface area (Å²) in [6.45, 7) is 4.34. The largest absolute Gasteiger partial charge is 0.350 e. The van der Waals surface area contributed by atoms with Gasteiger partial charge in [0.15, 0.2) is 0 Å². The lowest BCUT2D eigenvalue weighted by atomic mass is 9.94. The number of halogens is 1. The Balaban J connectivity index is 0.00000338. The minimum Gasteiger partial charge on any atom is -0.350 e. The zero-order valence-corrected chi connectivity index (χ0v) is 15.9. The van der Waals surface area contributed by atoms with Crippen molar-refractivity contribution >= 4 is 24.0 Å². The number of benzene rings is 1. The second-order valence-electron chi connectivity index (χ2n) is 6.12. The number of non-ortho nitro benzene ring substituents is 1. The number of carbonyl (C=O) groups is 1. The summed E-state index contributed by atoms with van der Waals surface area (Å²) >= 11 is 0. The number of nitro benzene ring substituents is 1. The minimum absolute atomic E-state index is 0. The van der Waals surface area contributed by atoms with Crippen LogP contribution < -0.4 is 11.1 Å². The molecule has 0 aliphatic rings. The first-order valence-electron chi connectivity index (χ1n) is 8.15. The van der Waals surface area contributed by atoms with E-state index in [4.69, 9.17) is 5.73 Å². The van der Waals surface area contributed by atoms with E-state index in [0.29, 0.717) is 23.4 Å². The lowest BCUT2D eigenvalue weighted by molar-refractivity contribution is -0.384. The molecule has 26 heavy (non-hydrogen) atoms. The molecule has 1 aromatic heterocycles. The number of carbonyl (C=O) groups excluding carboxylic acids is 1. The Morgan fingerprint density at radius 3 is 2.38 bits per heavy atom. The molecular weight excluding hydrogens is 358 g/mol. The Morgan fingerprint density at radius 2 is 1.88 bits per heavy atom. The van der Waals surface area contributed by atoms with Crippen molar-refractivity contribution in [3.8, 4) is 11.3 Å². The molecule has 1 heterocycles. The number of hydrogen-bond acceptors (Lipinski definition) is 5. The van der Waals surface area contributed by atoms with Crippen LogP contribution in [0.5, 0.6) is 0 Å². The molecule has 142 valence electrons. The third-order valence-electron chi connectivity index (χ3n) is 4.43. The van der Waals surface area contributed by atoms with E-state index in [9.17, 15) is 14.9 Å². The van der Waals surface area contributed by atoms with Gasteiger partial charge in [-0.3, -0.25) is 19.6 Å². The van der Waals surface area contributed by atoms with Gasteiger partial charge in [-0.1, -0.05) is 13.8 Å². The Morgan fingerprint density at radius 1 is 1.31 bits per heavy atom. The van der Waals surface area contributed by atoms with E-state index in [1.807, 2.05) is 13.8 Å². The molecule has 0 saturated heterocycles. The number of nitro groups is 1. The molecule has 9 heteroatoms. The molecule has 8 nitrogen and oxygen atoms in total. The molecule has 0 bridgehead atoms. The summed E-state index contributed by atoms with van der Waals surface area (Å²) < 4.78 is 1.54. The molecule has 1 aromatic carbocycles. The van der Waals surface area contributed by atoms with Crippen LogP contribution in [0.4, 0.5) is 5.69 Å². The number of amides is 1. The van der Waals surface area contributed by atoms with Crippen LogP contribution in [0.1, 0.15) is 37.0 Å². The monoisotopic (exact) mass is 381 g/mol. The second-order valence-corrected chi connectivity index (χ2v) is 6.12. The predicted octanol–water partition coefficient (Wildman–Crippen LogP) is 2.66. The molecule has 0 radical (unpaired) electrons. The van der Waals surface area contributed by atoms with E-state index >= 15 is 0 Å². The number of nitrogens with two attached hydrogens (primary N) is 1. The first-order chi connectivity index (χ1) is 11.8. The van der Waals surface area contributed by atoms with Gasteiger partial charge in [-0.25, -0.2) is 0 Å². The zero-order chi connectivity index (χ0) is 18.6. The fourth-order valence-corrected chi connectivity index (χ4v) is 2.46. The SMILES string of the molecule is CCC(N)(CC)CNC(=O)c1cn(C)nc1-c1ccc([N+](=O)[O-])cc1.Cl. The summed E-state index contributed by atoms with van der Waals surface area (Å²) in [5.41, 5.74) is 7.30. The average molecular weight is 382 g/mol. The highest BCUT2D eigenvalue weighted by molar-refractivity contribution is 5.99. The van der Waals surface area contributed by atoms with Crippen molar-refractivity contribution in [1.29, 1.82) is 0 Å². The lowest BCUT2D eigenvalue weighted by Crippen LogP contribution is -2.49. The summed E-state index contributed by atoms with van der Waals surface area (Å²) in [7, 11) is 1.72. The number of aromatic nitrogens is 2. The van der Waals surface area contributed by atoms with Crippen molar-refractivity contribution in [1.82, 2.24) is 15.1 Å². The molecule has 2 aromatic rings. The third kappa shape index (κ3) is 4.80. The first kappa shape index (κ1) is 21.6. The van der Waals surface area contributed by atoms with Gasteiger partial charge in [0.2, 0.25) is 0 Å². The maximum Gasteiger partial charge on any atom is 0.269 e. The Hall–Kier alpha value is -2.45. The van der Waals surface area contributed by atoms with Crippen LogP contribution >= 0.6 is 12.4 Å². The molecule has 0 unspecified atom stereocenters. The van der Waals surface area contributed by atoms with E-state index < -0.39 is 10.5 Å². The van der Waals surface area contributed by atoms with Crippen molar-refractivity contribution in [3.05, 3.63) is 46.1 Å². The van der Waals surface area contributed by atoms with E-state index in [0.717, 1.165) is 12.8 Å². The van der Waals surface area contributed by atoms with Gasteiger partial charge in [-0.15, -0.1) is 12.4 Å². The third-order valence-corrected chi connectivity index (χ3v) is 4.43. The summed E-state index contributed by atoms with van der Waals surface area (Å²) in [4.78, 5) is 22.9. The highest BCUT2D eigenvalue weighted by atomic mass is 35.5. The number of rotatable bonds is 7. The minimum atomic E-state index is -0.466. The Kier molecular flexibility index (Phi) is 7.29. The summed E-state index contributed by atoms with van der Waals surface area (Å²) in [6, 6.07) is 5.96. The van der Waals surface area contributed by atoms with E-state index in [1.54, 1.807) is 30.1 Å². The molecule has 0 aliphatic carbocycles. The fraction of sp³-hybridized carbons (Fsp3) is 0.412. The Bertz CT molecular complexity index is 769. The summed E-state index contributed by atoms with van der Waals surface area (Å²) in [5.74, 6) is -0.266. The van der Waals surface area contributed by atoms with E-state index in [2.05, 4.69) is 10.4 Å². The molecule has 1 amide bonds. The normalized spacial score (nSPS) is 10.9. The van der Waals surface area contributed by atoms with Crippen LogP contribution in [0.2, 0.25) is 0 Å². The molecular formula is C17H24ClN5O3. The highest BCUT2D eigenvalue weighted by Gasteiger charge is 2.23. The number of nitrogens with one attached hydrogen (secondary N) is 1. The number of hydrogen-bond donors (Lipinski definition) is 2. The standard InChI is InChI=1S/C17H23N5O3.ClH/c1-4-17(18,5-2)11-19-16(23)14-10-21(3)20-15(14)12-6-8-13(9-7-12)22(24)25;/h6-10H,4-5,11,18H2,1-3H3,(H,19,23);1H. The molecule has 3 N–H and O–H groups in total. The van der Waals surface area contributed by atoms with Crippen LogP contribution in [-0.2, 0) is 7.05 Å². The smallest absolute Gasteiger partial charge is 0.269 e. The van der Waals surface area contributed by atoms with Crippen molar-refractivity contribution in [2.75, 3.05) is 6.54 Å². The average Bonchev–Trinajstić information content (AvgIpc) is 3.01. The zero-order valence-electron chi connectivity index (χ0n) is 15.1. The van der Waals surface area contributed by atoms with E-state index in [1.165, 1.54) is 12.1 Å².